The van der Waals surface area contributed by atoms with E-state index in [9.17, 15) is 9.90 Å². The smallest absolute Gasteiger partial charge is 0.324 e. The first kappa shape index (κ1) is 12.0. The molecule has 1 aliphatic rings. The van der Waals surface area contributed by atoms with Crippen LogP contribution in [0.2, 0.25) is 0 Å². The van der Waals surface area contributed by atoms with Gasteiger partial charge in [0.05, 0.1) is 0 Å². The van der Waals surface area contributed by atoms with Crippen molar-refractivity contribution >= 4 is 5.97 Å². The lowest BCUT2D eigenvalue weighted by atomic mass is 9.95. The number of nitrogens with zero attached hydrogens (tertiary/aromatic N) is 2. The molecule has 1 aromatic heterocycles. The minimum atomic E-state index is -0.693. The van der Waals surface area contributed by atoms with Crippen molar-refractivity contribution in [2.45, 2.75) is 37.8 Å². The zero-order chi connectivity index (χ0) is 12.3. The number of hydrogen-bond acceptors (Lipinski definition) is 3. The quantitative estimate of drug-likeness (QED) is 0.864. The number of carboxylic acids is 1. The molecule has 1 aromatic rings. The van der Waals surface area contributed by atoms with Crippen molar-refractivity contribution in [1.82, 2.24) is 9.88 Å². The fourth-order valence-corrected chi connectivity index (χ4v) is 2.64. The van der Waals surface area contributed by atoms with Gasteiger partial charge in [0, 0.05) is 18.9 Å². The zero-order valence-corrected chi connectivity index (χ0v) is 10.1. The SMILES string of the molecule is CN(Cc1cccnc1)C1(C(=O)O)CCCC1. The molecule has 0 saturated heterocycles. The maximum atomic E-state index is 11.5. The molecule has 0 unspecified atom stereocenters. The molecule has 0 amide bonds. The van der Waals surface area contributed by atoms with Gasteiger partial charge in [0.15, 0.2) is 0 Å². The third-order valence-electron chi connectivity index (χ3n) is 3.70. The molecule has 1 N–H and O–H groups in total. The first-order chi connectivity index (χ1) is 8.15. The van der Waals surface area contributed by atoms with Crippen LogP contribution in [0.25, 0.3) is 0 Å². The number of aromatic nitrogens is 1. The highest BCUT2D eigenvalue weighted by molar-refractivity contribution is 5.79. The largest absolute Gasteiger partial charge is 0.480 e. The van der Waals surface area contributed by atoms with Gasteiger partial charge in [-0.2, -0.15) is 0 Å². The highest BCUT2D eigenvalue weighted by Gasteiger charge is 2.44. The van der Waals surface area contributed by atoms with E-state index in [1.165, 1.54) is 0 Å². The van der Waals surface area contributed by atoms with Gasteiger partial charge in [0.2, 0.25) is 0 Å². The Hall–Kier alpha value is -1.42. The number of rotatable bonds is 4. The highest BCUT2D eigenvalue weighted by Crippen LogP contribution is 2.35. The predicted molar refractivity (Wildman–Crippen MR) is 64.5 cm³/mol. The summed E-state index contributed by atoms with van der Waals surface area (Å²) in [6, 6.07) is 3.86. The van der Waals surface area contributed by atoms with E-state index in [0.29, 0.717) is 6.54 Å². The maximum Gasteiger partial charge on any atom is 0.324 e. The lowest BCUT2D eigenvalue weighted by molar-refractivity contribution is -0.150. The van der Waals surface area contributed by atoms with Crippen LogP contribution in [-0.2, 0) is 11.3 Å². The summed E-state index contributed by atoms with van der Waals surface area (Å²) in [4.78, 5) is 17.5. The number of hydrogen-bond donors (Lipinski definition) is 1. The van der Waals surface area contributed by atoms with E-state index in [0.717, 1.165) is 31.2 Å². The van der Waals surface area contributed by atoms with Crippen molar-refractivity contribution < 1.29 is 9.90 Å². The fraction of sp³-hybridized carbons (Fsp3) is 0.538. The van der Waals surface area contributed by atoms with Gasteiger partial charge in [-0.15, -0.1) is 0 Å². The van der Waals surface area contributed by atoms with Crippen LogP contribution >= 0.6 is 0 Å². The normalized spacial score (nSPS) is 18.5. The Balaban J connectivity index is 2.13. The Morgan fingerprint density at radius 1 is 1.53 bits per heavy atom. The van der Waals surface area contributed by atoms with Crippen LogP contribution in [0.5, 0.6) is 0 Å². The van der Waals surface area contributed by atoms with E-state index in [1.807, 2.05) is 24.1 Å². The monoisotopic (exact) mass is 234 g/mol. The van der Waals surface area contributed by atoms with Crippen LogP contribution in [-0.4, -0.2) is 33.5 Å². The van der Waals surface area contributed by atoms with Crippen LogP contribution < -0.4 is 0 Å². The van der Waals surface area contributed by atoms with Gasteiger partial charge in [0.1, 0.15) is 5.54 Å². The van der Waals surface area contributed by atoms with Crippen molar-refractivity contribution in [1.29, 1.82) is 0 Å². The molecule has 17 heavy (non-hydrogen) atoms. The topological polar surface area (TPSA) is 53.4 Å². The Bertz CT molecular complexity index is 386. The highest BCUT2D eigenvalue weighted by atomic mass is 16.4. The number of carboxylic acid groups (broad SMARTS) is 1. The summed E-state index contributed by atoms with van der Waals surface area (Å²) < 4.78 is 0. The second kappa shape index (κ2) is 4.84. The third-order valence-corrected chi connectivity index (χ3v) is 3.70. The molecule has 1 fully saturated rings. The van der Waals surface area contributed by atoms with Gasteiger partial charge in [0.25, 0.3) is 0 Å². The van der Waals surface area contributed by atoms with Gasteiger partial charge in [-0.25, -0.2) is 0 Å². The Labute approximate surface area is 101 Å². The van der Waals surface area contributed by atoms with Gasteiger partial charge < -0.3 is 5.11 Å². The molecule has 4 heteroatoms. The second-order valence-electron chi connectivity index (χ2n) is 4.76. The van der Waals surface area contributed by atoms with Gasteiger partial charge in [-0.3, -0.25) is 14.7 Å². The number of pyridine rings is 1. The van der Waals surface area contributed by atoms with Crippen molar-refractivity contribution in [3.8, 4) is 0 Å². The summed E-state index contributed by atoms with van der Waals surface area (Å²) >= 11 is 0. The minimum Gasteiger partial charge on any atom is -0.480 e. The summed E-state index contributed by atoms with van der Waals surface area (Å²) in [7, 11) is 1.90. The van der Waals surface area contributed by atoms with Gasteiger partial charge >= 0.3 is 5.97 Å². The summed E-state index contributed by atoms with van der Waals surface area (Å²) in [6.07, 6.45) is 7.03. The average Bonchev–Trinajstić information content (AvgIpc) is 2.80. The van der Waals surface area contributed by atoms with E-state index in [4.69, 9.17) is 0 Å². The average molecular weight is 234 g/mol. The van der Waals surface area contributed by atoms with Crippen LogP contribution in [0.1, 0.15) is 31.2 Å². The number of aliphatic carboxylic acids is 1. The molecular formula is C13H18N2O2. The van der Waals surface area contributed by atoms with Crippen molar-refractivity contribution in [2.24, 2.45) is 0 Å². The maximum absolute atomic E-state index is 11.5. The van der Waals surface area contributed by atoms with Crippen LogP contribution in [0, 0.1) is 0 Å². The molecule has 2 rings (SSSR count). The predicted octanol–water partition coefficient (Wildman–Crippen LogP) is 1.91. The molecule has 0 spiro atoms. The van der Waals surface area contributed by atoms with E-state index in [-0.39, 0.29) is 0 Å². The first-order valence-electron chi connectivity index (χ1n) is 5.99. The van der Waals surface area contributed by atoms with Crippen LogP contribution in [0.3, 0.4) is 0 Å². The molecular weight excluding hydrogens is 216 g/mol. The molecule has 1 saturated carbocycles. The van der Waals surface area contributed by atoms with Crippen molar-refractivity contribution in [3.63, 3.8) is 0 Å². The molecule has 0 radical (unpaired) electrons. The molecule has 0 aliphatic heterocycles. The Morgan fingerprint density at radius 2 is 2.24 bits per heavy atom. The molecule has 0 bridgehead atoms. The third kappa shape index (κ3) is 2.31. The van der Waals surface area contributed by atoms with Crippen LogP contribution in [0.4, 0.5) is 0 Å². The van der Waals surface area contributed by atoms with E-state index in [1.54, 1.807) is 12.4 Å². The number of carbonyl (C=O) groups is 1. The van der Waals surface area contributed by atoms with Crippen LogP contribution in [0.15, 0.2) is 24.5 Å². The van der Waals surface area contributed by atoms with Gasteiger partial charge in [-0.05, 0) is 31.5 Å². The molecule has 4 nitrogen and oxygen atoms in total. The Morgan fingerprint density at radius 3 is 2.76 bits per heavy atom. The lowest BCUT2D eigenvalue weighted by Crippen LogP contribution is -2.50. The van der Waals surface area contributed by atoms with E-state index in [2.05, 4.69) is 4.98 Å². The minimum absolute atomic E-state index is 0.639. The summed E-state index contributed by atoms with van der Waals surface area (Å²) in [5.41, 5.74) is 0.387. The van der Waals surface area contributed by atoms with E-state index < -0.39 is 11.5 Å². The zero-order valence-electron chi connectivity index (χ0n) is 10.1. The lowest BCUT2D eigenvalue weighted by Gasteiger charge is -2.34. The summed E-state index contributed by atoms with van der Waals surface area (Å²) in [5, 5.41) is 9.45. The number of likely N-dealkylation sites (N-methyl/N-ethyl adjacent to an activating group) is 1. The van der Waals surface area contributed by atoms with Crippen molar-refractivity contribution in [3.05, 3.63) is 30.1 Å². The second-order valence-corrected chi connectivity index (χ2v) is 4.76. The summed E-state index contributed by atoms with van der Waals surface area (Å²) in [6.45, 7) is 0.639. The molecule has 1 aliphatic carbocycles. The molecule has 0 aromatic carbocycles. The fourth-order valence-electron chi connectivity index (χ4n) is 2.64. The standard InChI is InChI=1S/C13H18N2O2/c1-15(10-11-5-4-8-14-9-11)13(12(16)17)6-2-3-7-13/h4-5,8-9H,2-3,6-7,10H2,1H3,(H,16,17). The summed E-state index contributed by atoms with van der Waals surface area (Å²) in [5.74, 6) is -0.693. The molecule has 1 heterocycles. The first-order valence-corrected chi connectivity index (χ1v) is 5.99. The molecule has 92 valence electrons. The molecule has 0 atom stereocenters. The Kier molecular flexibility index (Phi) is 3.43. The van der Waals surface area contributed by atoms with Crippen molar-refractivity contribution in [2.75, 3.05) is 7.05 Å². The van der Waals surface area contributed by atoms with Gasteiger partial charge in [-0.1, -0.05) is 18.9 Å². The van der Waals surface area contributed by atoms with E-state index >= 15 is 0 Å².